The van der Waals surface area contributed by atoms with Gasteiger partial charge in [0, 0.05) is 24.0 Å². The molecule has 3 nitrogen and oxygen atoms in total. The van der Waals surface area contributed by atoms with Crippen LogP contribution in [0.5, 0.6) is 11.5 Å². The molecule has 0 saturated heterocycles. The standard InChI is InChI=1S/C40H50O3/c1-5-7-17-29(3)39(41)33-23-15-25-37(35(33)27-31-19-11-9-12-20-31)43-38-26-16-24-34(40(42)30(4)18-8-6-2)36(38)28-32-21-13-10-14-22-32/h9-16,19-26,29-30,39-42H,5-8,17-18,27-28H2,1-4H3. The third-order valence-electron chi connectivity index (χ3n) is 8.75. The van der Waals surface area contributed by atoms with Crippen molar-refractivity contribution in [3.63, 3.8) is 0 Å². The van der Waals surface area contributed by atoms with Crippen LogP contribution in [-0.2, 0) is 12.8 Å². The summed E-state index contributed by atoms with van der Waals surface area (Å²) in [7, 11) is 0. The van der Waals surface area contributed by atoms with Gasteiger partial charge in [0.1, 0.15) is 11.5 Å². The van der Waals surface area contributed by atoms with Gasteiger partial charge in [0.25, 0.3) is 0 Å². The second-order valence-electron chi connectivity index (χ2n) is 12.2. The maximum absolute atomic E-state index is 11.6. The Morgan fingerprint density at radius 3 is 1.30 bits per heavy atom. The zero-order chi connectivity index (χ0) is 30.6. The molecule has 43 heavy (non-hydrogen) atoms. The van der Waals surface area contributed by atoms with Gasteiger partial charge in [-0.3, -0.25) is 0 Å². The summed E-state index contributed by atoms with van der Waals surface area (Å²) >= 11 is 0. The summed E-state index contributed by atoms with van der Waals surface area (Å²) in [5.74, 6) is 1.79. The van der Waals surface area contributed by atoms with Gasteiger partial charge < -0.3 is 14.9 Å². The van der Waals surface area contributed by atoms with Crippen LogP contribution in [0.15, 0.2) is 97.1 Å². The van der Waals surface area contributed by atoms with Crippen molar-refractivity contribution in [2.75, 3.05) is 0 Å². The zero-order valence-corrected chi connectivity index (χ0v) is 26.5. The third kappa shape index (κ3) is 8.81. The van der Waals surface area contributed by atoms with Gasteiger partial charge in [-0.15, -0.1) is 0 Å². The average molecular weight is 579 g/mol. The summed E-state index contributed by atoms with van der Waals surface area (Å²) in [6.45, 7) is 8.67. The van der Waals surface area contributed by atoms with E-state index in [1.807, 2.05) is 36.4 Å². The minimum absolute atomic E-state index is 0.140. The third-order valence-corrected chi connectivity index (χ3v) is 8.75. The number of ether oxygens (including phenoxy) is 1. The van der Waals surface area contributed by atoms with Gasteiger partial charge >= 0.3 is 0 Å². The van der Waals surface area contributed by atoms with E-state index in [4.69, 9.17) is 4.74 Å². The van der Waals surface area contributed by atoms with Crippen LogP contribution in [0.1, 0.15) is 112 Å². The van der Waals surface area contributed by atoms with Crippen molar-refractivity contribution < 1.29 is 14.9 Å². The fourth-order valence-corrected chi connectivity index (χ4v) is 5.99. The first-order valence-corrected chi connectivity index (χ1v) is 16.3. The number of aliphatic hydroxyl groups is 2. The second-order valence-corrected chi connectivity index (χ2v) is 12.2. The van der Waals surface area contributed by atoms with E-state index in [1.54, 1.807) is 0 Å². The topological polar surface area (TPSA) is 49.7 Å². The maximum Gasteiger partial charge on any atom is 0.131 e. The Balaban J connectivity index is 1.79. The van der Waals surface area contributed by atoms with Gasteiger partial charge in [0.2, 0.25) is 0 Å². The van der Waals surface area contributed by atoms with Crippen LogP contribution in [0.3, 0.4) is 0 Å². The van der Waals surface area contributed by atoms with Gasteiger partial charge in [-0.1, -0.05) is 138 Å². The molecule has 0 bridgehead atoms. The van der Waals surface area contributed by atoms with E-state index in [0.717, 1.165) is 72.3 Å². The molecule has 4 atom stereocenters. The summed E-state index contributed by atoms with van der Waals surface area (Å²) in [4.78, 5) is 0. The molecule has 2 N–H and O–H groups in total. The molecule has 4 rings (SSSR count). The van der Waals surface area contributed by atoms with Crippen LogP contribution in [0.2, 0.25) is 0 Å². The smallest absolute Gasteiger partial charge is 0.131 e. The molecule has 0 heterocycles. The highest BCUT2D eigenvalue weighted by Crippen LogP contribution is 2.40. The molecular weight excluding hydrogens is 528 g/mol. The van der Waals surface area contributed by atoms with E-state index >= 15 is 0 Å². The lowest BCUT2D eigenvalue weighted by Gasteiger charge is -2.26. The number of aliphatic hydroxyl groups excluding tert-OH is 2. The molecule has 0 aliphatic carbocycles. The summed E-state index contributed by atoms with van der Waals surface area (Å²) in [6.07, 6.45) is 6.53. The molecule has 228 valence electrons. The predicted molar refractivity (Wildman–Crippen MR) is 179 cm³/mol. The van der Waals surface area contributed by atoms with Crippen LogP contribution in [0.4, 0.5) is 0 Å². The van der Waals surface area contributed by atoms with Gasteiger partial charge in [-0.05, 0) is 59.1 Å². The molecule has 0 amide bonds. The fraction of sp³-hybridized carbons (Fsp3) is 0.400. The summed E-state index contributed by atoms with van der Waals surface area (Å²) < 4.78 is 6.87. The normalized spacial score (nSPS) is 14.2. The van der Waals surface area contributed by atoms with E-state index < -0.39 is 12.2 Å². The number of rotatable bonds is 16. The Labute approximate surface area is 259 Å². The Bertz CT molecular complexity index is 1270. The summed E-state index contributed by atoms with van der Waals surface area (Å²) in [6, 6.07) is 32.9. The maximum atomic E-state index is 11.6. The van der Waals surface area contributed by atoms with E-state index in [2.05, 4.69) is 88.4 Å². The molecule has 0 radical (unpaired) electrons. The average Bonchev–Trinajstić information content (AvgIpc) is 3.04. The minimum Gasteiger partial charge on any atom is -0.457 e. The van der Waals surface area contributed by atoms with Crippen molar-refractivity contribution in [1.82, 2.24) is 0 Å². The number of hydrogen-bond acceptors (Lipinski definition) is 3. The van der Waals surface area contributed by atoms with Crippen molar-refractivity contribution >= 4 is 0 Å². The molecule has 0 aliphatic heterocycles. The molecule has 0 fully saturated rings. The molecular formula is C40H50O3. The lowest BCUT2D eigenvalue weighted by Crippen LogP contribution is -2.14. The Morgan fingerprint density at radius 1 is 0.535 bits per heavy atom. The summed E-state index contributed by atoms with van der Waals surface area (Å²) in [5, 5.41) is 23.1. The van der Waals surface area contributed by atoms with Crippen molar-refractivity contribution in [3.8, 4) is 11.5 Å². The Hall–Kier alpha value is -3.40. The predicted octanol–water partition coefficient (Wildman–Crippen LogP) is 10.4. The van der Waals surface area contributed by atoms with E-state index in [-0.39, 0.29) is 11.8 Å². The fourth-order valence-electron chi connectivity index (χ4n) is 5.99. The highest BCUT2D eigenvalue weighted by molar-refractivity contribution is 5.51. The molecule has 0 saturated carbocycles. The molecule has 4 unspecified atom stereocenters. The first-order valence-electron chi connectivity index (χ1n) is 16.3. The molecule has 4 aromatic carbocycles. The van der Waals surface area contributed by atoms with Crippen molar-refractivity contribution in [3.05, 3.63) is 130 Å². The van der Waals surface area contributed by atoms with Crippen LogP contribution in [-0.4, -0.2) is 10.2 Å². The van der Waals surface area contributed by atoms with E-state index in [1.165, 1.54) is 11.1 Å². The zero-order valence-electron chi connectivity index (χ0n) is 26.5. The van der Waals surface area contributed by atoms with Gasteiger partial charge in [0.05, 0.1) is 12.2 Å². The second kappa shape index (κ2) is 16.4. The van der Waals surface area contributed by atoms with Crippen molar-refractivity contribution in [2.24, 2.45) is 11.8 Å². The van der Waals surface area contributed by atoms with E-state index in [0.29, 0.717) is 12.8 Å². The largest absolute Gasteiger partial charge is 0.457 e. The van der Waals surface area contributed by atoms with Crippen LogP contribution < -0.4 is 4.74 Å². The van der Waals surface area contributed by atoms with Gasteiger partial charge in [-0.25, -0.2) is 0 Å². The van der Waals surface area contributed by atoms with Crippen molar-refractivity contribution in [2.45, 2.75) is 91.3 Å². The monoisotopic (exact) mass is 578 g/mol. The quantitative estimate of drug-likeness (QED) is 0.139. The first kappa shape index (κ1) is 32.5. The molecule has 4 aromatic rings. The van der Waals surface area contributed by atoms with Crippen LogP contribution in [0.25, 0.3) is 0 Å². The van der Waals surface area contributed by atoms with Gasteiger partial charge in [-0.2, -0.15) is 0 Å². The lowest BCUT2D eigenvalue weighted by molar-refractivity contribution is 0.110. The molecule has 0 aliphatic rings. The molecule has 0 spiro atoms. The van der Waals surface area contributed by atoms with E-state index in [9.17, 15) is 10.2 Å². The highest BCUT2D eigenvalue weighted by atomic mass is 16.5. The highest BCUT2D eigenvalue weighted by Gasteiger charge is 2.25. The van der Waals surface area contributed by atoms with Crippen LogP contribution >= 0.6 is 0 Å². The number of unbranched alkanes of at least 4 members (excludes halogenated alkanes) is 2. The van der Waals surface area contributed by atoms with Crippen molar-refractivity contribution in [1.29, 1.82) is 0 Å². The Kier molecular flexibility index (Phi) is 12.4. The molecule has 3 heteroatoms. The summed E-state index contributed by atoms with van der Waals surface area (Å²) in [5.41, 5.74) is 6.23. The Morgan fingerprint density at radius 2 is 0.930 bits per heavy atom. The van der Waals surface area contributed by atoms with Crippen LogP contribution in [0, 0.1) is 11.8 Å². The lowest BCUT2D eigenvalue weighted by atomic mass is 9.87. The molecule has 0 aromatic heterocycles. The number of benzene rings is 4. The SMILES string of the molecule is CCCCC(C)C(O)c1cccc(Oc2cccc(C(O)C(C)CCCC)c2Cc2ccccc2)c1Cc1ccccc1. The first-order chi connectivity index (χ1) is 20.9. The minimum atomic E-state index is -0.579. The van der Waals surface area contributed by atoms with Gasteiger partial charge in [0.15, 0.2) is 0 Å². The number of hydrogen-bond donors (Lipinski definition) is 2.